The van der Waals surface area contributed by atoms with Crippen molar-refractivity contribution in [2.45, 2.75) is 32.3 Å². The van der Waals surface area contributed by atoms with Gasteiger partial charge in [-0.15, -0.1) is 0 Å². The molecule has 3 heteroatoms. The van der Waals surface area contributed by atoms with Gasteiger partial charge < -0.3 is 5.11 Å². The van der Waals surface area contributed by atoms with Gasteiger partial charge in [-0.05, 0) is 43.9 Å². The van der Waals surface area contributed by atoms with Crippen molar-refractivity contribution >= 4 is 11.6 Å². The number of hydrogen-bond donors (Lipinski definition) is 1. The number of aliphatic hydroxyl groups is 1. The molecule has 0 atom stereocenters. The van der Waals surface area contributed by atoms with Crippen molar-refractivity contribution in [1.82, 2.24) is 0 Å². The third-order valence-electron chi connectivity index (χ3n) is 4.05. The number of Topliss-reactive ketones (excluding diaryl/α,β-unsaturated/α-hetero) is 1. The second-order valence-electron chi connectivity index (χ2n) is 6.29. The maximum Gasteiger partial charge on any atom is 0.194 e. The van der Waals surface area contributed by atoms with Crippen LogP contribution >= 0.6 is 0 Å². The van der Waals surface area contributed by atoms with Gasteiger partial charge in [0.05, 0.1) is 0 Å². The number of carbonyl (C=O) groups is 2. The number of carbonyl (C=O) groups excluding carboxylic acids is 2. The Balaban J connectivity index is 2.21. The SMILES string of the molecule is CC(C)(O)C(=O)c1cc2ccc1C(=O)c1ccc(cc1)CC2. The van der Waals surface area contributed by atoms with Crippen molar-refractivity contribution in [2.75, 3.05) is 0 Å². The van der Waals surface area contributed by atoms with E-state index < -0.39 is 11.4 Å². The van der Waals surface area contributed by atoms with Gasteiger partial charge in [0, 0.05) is 16.7 Å². The molecule has 22 heavy (non-hydrogen) atoms. The largest absolute Gasteiger partial charge is 0.382 e. The van der Waals surface area contributed by atoms with E-state index in [9.17, 15) is 14.7 Å². The van der Waals surface area contributed by atoms with Crippen LogP contribution in [-0.4, -0.2) is 22.3 Å². The summed E-state index contributed by atoms with van der Waals surface area (Å²) in [6.07, 6.45) is 1.64. The first kappa shape index (κ1) is 14.7. The summed E-state index contributed by atoms with van der Waals surface area (Å²) in [6, 6.07) is 12.9. The zero-order valence-electron chi connectivity index (χ0n) is 12.7. The molecule has 3 nitrogen and oxygen atoms in total. The smallest absolute Gasteiger partial charge is 0.194 e. The summed E-state index contributed by atoms with van der Waals surface area (Å²) in [4.78, 5) is 25.2. The van der Waals surface area contributed by atoms with Gasteiger partial charge in [-0.1, -0.05) is 36.4 Å². The molecule has 0 radical (unpaired) electrons. The molecule has 0 aliphatic heterocycles. The molecule has 0 fully saturated rings. The minimum Gasteiger partial charge on any atom is -0.382 e. The topological polar surface area (TPSA) is 54.4 Å². The molecule has 0 amide bonds. The Bertz CT molecular complexity index is 749. The van der Waals surface area contributed by atoms with Gasteiger partial charge in [-0.2, -0.15) is 0 Å². The minimum absolute atomic E-state index is 0.187. The number of benzene rings is 2. The summed E-state index contributed by atoms with van der Waals surface area (Å²) in [5, 5.41) is 10.0. The van der Waals surface area contributed by atoms with E-state index in [-0.39, 0.29) is 5.78 Å². The normalized spacial score (nSPS) is 14.0. The van der Waals surface area contributed by atoms with Crippen molar-refractivity contribution in [1.29, 1.82) is 0 Å². The van der Waals surface area contributed by atoms with Gasteiger partial charge in [0.25, 0.3) is 0 Å². The lowest BCUT2D eigenvalue weighted by Gasteiger charge is -2.18. The number of aryl methyl sites for hydroxylation is 2. The van der Waals surface area contributed by atoms with Gasteiger partial charge in [0.2, 0.25) is 0 Å². The summed E-state index contributed by atoms with van der Waals surface area (Å²) >= 11 is 0. The quantitative estimate of drug-likeness (QED) is 0.866. The van der Waals surface area contributed by atoms with E-state index in [1.807, 2.05) is 18.2 Å². The van der Waals surface area contributed by atoms with E-state index in [4.69, 9.17) is 0 Å². The Morgan fingerprint density at radius 2 is 1.59 bits per heavy atom. The van der Waals surface area contributed by atoms with Crippen molar-refractivity contribution in [2.24, 2.45) is 0 Å². The van der Waals surface area contributed by atoms with Crippen LogP contribution < -0.4 is 0 Å². The standard InChI is InChI=1S/C19H18O3/c1-19(2,22)18(21)16-11-13-4-3-12-5-8-14(9-6-12)17(20)15(16)10-7-13/h5-11,22H,3-4H2,1-2H3. The third-order valence-corrected chi connectivity index (χ3v) is 4.05. The Labute approximate surface area is 129 Å². The number of ketones is 2. The predicted molar refractivity (Wildman–Crippen MR) is 84.4 cm³/mol. The molecule has 4 aliphatic rings. The highest BCUT2D eigenvalue weighted by Gasteiger charge is 2.29. The highest BCUT2D eigenvalue weighted by Crippen LogP contribution is 2.24. The zero-order chi connectivity index (χ0) is 15.9. The molecule has 0 aromatic heterocycles. The number of rotatable bonds is 2. The van der Waals surface area contributed by atoms with E-state index in [0.29, 0.717) is 16.7 Å². The van der Waals surface area contributed by atoms with Gasteiger partial charge in [0.15, 0.2) is 11.6 Å². The molecular weight excluding hydrogens is 276 g/mol. The molecule has 0 saturated carbocycles. The van der Waals surface area contributed by atoms with Crippen LogP contribution in [0.25, 0.3) is 0 Å². The number of hydrogen-bond acceptors (Lipinski definition) is 3. The Morgan fingerprint density at radius 1 is 1.00 bits per heavy atom. The van der Waals surface area contributed by atoms with Crippen LogP contribution in [0.1, 0.15) is 51.3 Å². The molecule has 4 bridgehead atoms. The van der Waals surface area contributed by atoms with Gasteiger partial charge >= 0.3 is 0 Å². The second-order valence-corrected chi connectivity index (χ2v) is 6.29. The molecule has 4 aliphatic carbocycles. The fourth-order valence-corrected chi connectivity index (χ4v) is 2.73. The molecule has 0 saturated heterocycles. The first-order valence-corrected chi connectivity index (χ1v) is 7.40. The summed E-state index contributed by atoms with van der Waals surface area (Å²) in [5.74, 6) is -0.611. The van der Waals surface area contributed by atoms with Crippen LogP contribution in [-0.2, 0) is 12.8 Å². The highest BCUT2D eigenvalue weighted by molar-refractivity contribution is 6.17. The summed E-state index contributed by atoms with van der Waals surface area (Å²) < 4.78 is 0. The summed E-state index contributed by atoms with van der Waals surface area (Å²) in [6.45, 7) is 2.89. The van der Waals surface area contributed by atoms with E-state index in [0.717, 1.165) is 24.0 Å². The summed E-state index contributed by atoms with van der Waals surface area (Å²) in [7, 11) is 0. The molecule has 0 heterocycles. The monoisotopic (exact) mass is 294 g/mol. The van der Waals surface area contributed by atoms with Crippen molar-refractivity contribution in [3.63, 3.8) is 0 Å². The Morgan fingerprint density at radius 3 is 2.23 bits per heavy atom. The Hall–Kier alpha value is -2.26. The van der Waals surface area contributed by atoms with Crippen molar-refractivity contribution in [3.05, 3.63) is 70.3 Å². The fourth-order valence-electron chi connectivity index (χ4n) is 2.73. The van der Waals surface area contributed by atoms with Crippen LogP contribution in [0.5, 0.6) is 0 Å². The summed E-state index contributed by atoms with van der Waals surface area (Å²) in [5.41, 5.74) is 1.87. The maximum atomic E-state index is 12.7. The average Bonchev–Trinajstić information content (AvgIpc) is 2.57. The molecule has 6 rings (SSSR count). The van der Waals surface area contributed by atoms with E-state index in [1.54, 1.807) is 24.3 Å². The third kappa shape index (κ3) is 2.60. The lowest BCUT2D eigenvalue weighted by atomic mass is 9.88. The molecular formula is C19H18O3. The predicted octanol–water partition coefficient (Wildman–Crippen LogP) is 2.97. The molecule has 0 spiro atoms. The van der Waals surface area contributed by atoms with E-state index in [1.165, 1.54) is 13.8 Å². The van der Waals surface area contributed by atoms with Gasteiger partial charge in [-0.3, -0.25) is 9.59 Å². The van der Waals surface area contributed by atoms with Crippen LogP contribution in [0.4, 0.5) is 0 Å². The molecule has 2 aromatic rings. The van der Waals surface area contributed by atoms with E-state index in [2.05, 4.69) is 0 Å². The first-order chi connectivity index (χ1) is 10.4. The molecule has 1 N–H and O–H groups in total. The average molecular weight is 294 g/mol. The van der Waals surface area contributed by atoms with Crippen LogP contribution in [0.2, 0.25) is 0 Å². The Kier molecular flexibility index (Phi) is 3.45. The maximum absolute atomic E-state index is 12.7. The molecule has 0 unspecified atom stereocenters. The van der Waals surface area contributed by atoms with Crippen molar-refractivity contribution in [3.8, 4) is 0 Å². The van der Waals surface area contributed by atoms with Gasteiger partial charge in [0.1, 0.15) is 5.60 Å². The fraction of sp³-hybridized carbons (Fsp3) is 0.263. The molecule has 112 valence electrons. The minimum atomic E-state index is -1.50. The van der Waals surface area contributed by atoms with E-state index >= 15 is 0 Å². The van der Waals surface area contributed by atoms with Crippen LogP contribution in [0.3, 0.4) is 0 Å². The van der Waals surface area contributed by atoms with Gasteiger partial charge in [-0.25, -0.2) is 0 Å². The lowest BCUT2D eigenvalue weighted by Crippen LogP contribution is -2.32. The van der Waals surface area contributed by atoms with Crippen LogP contribution in [0.15, 0.2) is 42.5 Å². The van der Waals surface area contributed by atoms with Crippen LogP contribution in [0, 0.1) is 0 Å². The molecule has 2 aromatic carbocycles. The lowest BCUT2D eigenvalue weighted by molar-refractivity contribution is 0.0486. The highest BCUT2D eigenvalue weighted by atomic mass is 16.3. The zero-order valence-corrected chi connectivity index (χ0v) is 12.7. The van der Waals surface area contributed by atoms with Crippen molar-refractivity contribution < 1.29 is 14.7 Å². The first-order valence-electron chi connectivity index (χ1n) is 7.40. The second kappa shape index (κ2) is 5.18.